The summed E-state index contributed by atoms with van der Waals surface area (Å²) in [4.78, 5) is 4.50. The van der Waals surface area contributed by atoms with Crippen LogP contribution < -0.4 is 5.32 Å². The summed E-state index contributed by atoms with van der Waals surface area (Å²) in [5.41, 5.74) is 6.42. The lowest BCUT2D eigenvalue weighted by atomic mass is 9.97. The van der Waals surface area contributed by atoms with Crippen molar-refractivity contribution in [2.24, 2.45) is 0 Å². The molecular formula is C17H22N2. The van der Waals surface area contributed by atoms with Crippen LogP contribution >= 0.6 is 0 Å². The number of aryl methyl sites for hydroxylation is 3. The first-order chi connectivity index (χ1) is 9.10. The summed E-state index contributed by atoms with van der Waals surface area (Å²) in [5.74, 6) is 0. The average Bonchev–Trinajstić information content (AvgIpc) is 2.39. The molecule has 2 aromatic rings. The highest BCUT2D eigenvalue weighted by Crippen LogP contribution is 2.20. The predicted octanol–water partition coefficient (Wildman–Crippen LogP) is 3.51. The van der Waals surface area contributed by atoms with Gasteiger partial charge in [0.15, 0.2) is 0 Å². The maximum atomic E-state index is 4.50. The largest absolute Gasteiger partial charge is 0.311 e. The van der Waals surface area contributed by atoms with E-state index >= 15 is 0 Å². The van der Waals surface area contributed by atoms with Gasteiger partial charge in [-0.1, -0.05) is 23.8 Å². The van der Waals surface area contributed by atoms with E-state index in [0.29, 0.717) is 0 Å². The molecule has 19 heavy (non-hydrogen) atoms. The van der Waals surface area contributed by atoms with E-state index in [9.17, 15) is 0 Å². The molecule has 2 rings (SSSR count). The second-order valence-corrected chi connectivity index (χ2v) is 5.23. The number of nitrogens with zero attached hydrogens (tertiary/aromatic N) is 1. The SMILES string of the molecule is CNC(Cc1cc(C)ccc1C)c1cc(C)ccn1. The number of hydrogen-bond donors (Lipinski definition) is 1. The molecule has 0 saturated heterocycles. The van der Waals surface area contributed by atoms with Gasteiger partial charge in [-0.25, -0.2) is 0 Å². The average molecular weight is 254 g/mol. The van der Waals surface area contributed by atoms with Gasteiger partial charge in [0, 0.05) is 6.20 Å². The highest BCUT2D eigenvalue weighted by atomic mass is 14.9. The van der Waals surface area contributed by atoms with Crippen molar-refractivity contribution < 1.29 is 0 Å². The van der Waals surface area contributed by atoms with Crippen LogP contribution in [0.1, 0.15) is 34.0 Å². The quantitative estimate of drug-likeness (QED) is 0.903. The molecule has 0 saturated carbocycles. The van der Waals surface area contributed by atoms with Crippen molar-refractivity contribution in [3.05, 3.63) is 64.5 Å². The van der Waals surface area contributed by atoms with E-state index in [2.05, 4.69) is 55.3 Å². The molecule has 2 nitrogen and oxygen atoms in total. The lowest BCUT2D eigenvalue weighted by Gasteiger charge is -2.18. The molecule has 1 atom stereocenters. The zero-order valence-electron chi connectivity index (χ0n) is 12.2. The second kappa shape index (κ2) is 5.98. The van der Waals surface area contributed by atoms with Crippen LogP contribution in [0.5, 0.6) is 0 Å². The predicted molar refractivity (Wildman–Crippen MR) is 80.4 cm³/mol. The number of likely N-dealkylation sites (N-methyl/N-ethyl adjacent to an activating group) is 1. The fraction of sp³-hybridized carbons (Fsp3) is 0.353. The molecule has 0 fully saturated rings. The van der Waals surface area contributed by atoms with Crippen LogP contribution in [0.25, 0.3) is 0 Å². The molecule has 0 aliphatic heterocycles. The maximum Gasteiger partial charge on any atom is 0.0579 e. The minimum Gasteiger partial charge on any atom is -0.311 e. The summed E-state index contributed by atoms with van der Waals surface area (Å²) < 4.78 is 0. The summed E-state index contributed by atoms with van der Waals surface area (Å²) in [6.07, 6.45) is 2.86. The van der Waals surface area contributed by atoms with Crippen LogP contribution in [0.3, 0.4) is 0 Å². The van der Waals surface area contributed by atoms with Gasteiger partial charge in [0.25, 0.3) is 0 Å². The molecule has 1 unspecified atom stereocenters. The Kier molecular flexibility index (Phi) is 4.33. The maximum absolute atomic E-state index is 4.50. The van der Waals surface area contributed by atoms with E-state index in [1.54, 1.807) is 0 Å². The Morgan fingerprint density at radius 1 is 1.05 bits per heavy atom. The fourth-order valence-electron chi connectivity index (χ4n) is 2.34. The third kappa shape index (κ3) is 3.42. The summed E-state index contributed by atoms with van der Waals surface area (Å²) in [7, 11) is 2.00. The molecule has 0 bridgehead atoms. The fourth-order valence-corrected chi connectivity index (χ4v) is 2.34. The van der Waals surface area contributed by atoms with Crippen molar-refractivity contribution in [2.75, 3.05) is 7.05 Å². The Balaban J connectivity index is 2.26. The third-order valence-electron chi connectivity index (χ3n) is 3.57. The van der Waals surface area contributed by atoms with Gasteiger partial charge in [-0.15, -0.1) is 0 Å². The molecule has 100 valence electrons. The molecule has 1 N–H and O–H groups in total. The van der Waals surface area contributed by atoms with E-state index in [-0.39, 0.29) is 6.04 Å². The highest BCUT2D eigenvalue weighted by Gasteiger charge is 2.13. The smallest absolute Gasteiger partial charge is 0.0579 e. The lowest BCUT2D eigenvalue weighted by Crippen LogP contribution is -2.20. The van der Waals surface area contributed by atoms with Crippen molar-refractivity contribution in [2.45, 2.75) is 33.2 Å². The van der Waals surface area contributed by atoms with Gasteiger partial charge in [0.1, 0.15) is 0 Å². The number of hydrogen-bond acceptors (Lipinski definition) is 2. The molecule has 2 heteroatoms. The number of benzene rings is 1. The number of nitrogens with one attached hydrogen (secondary N) is 1. The van der Waals surface area contributed by atoms with E-state index in [4.69, 9.17) is 0 Å². The normalized spacial score (nSPS) is 12.4. The van der Waals surface area contributed by atoms with Gasteiger partial charge in [0.2, 0.25) is 0 Å². The van der Waals surface area contributed by atoms with Gasteiger partial charge < -0.3 is 5.32 Å². The first kappa shape index (κ1) is 13.8. The van der Waals surface area contributed by atoms with E-state index < -0.39 is 0 Å². The molecule has 0 spiro atoms. The van der Waals surface area contributed by atoms with Crippen LogP contribution in [0, 0.1) is 20.8 Å². The Morgan fingerprint density at radius 2 is 1.79 bits per heavy atom. The summed E-state index contributed by atoms with van der Waals surface area (Å²) in [6.45, 7) is 6.42. The Labute approximate surface area is 115 Å². The molecule has 0 aliphatic carbocycles. The molecule has 1 aromatic heterocycles. The molecule has 0 aliphatic rings. The van der Waals surface area contributed by atoms with Crippen molar-refractivity contribution in [3.8, 4) is 0 Å². The number of aromatic nitrogens is 1. The molecular weight excluding hydrogens is 232 g/mol. The highest BCUT2D eigenvalue weighted by molar-refractivity contribution is 5.32. The minimum absolute atomic E-state index is 0.264. The van der Waals surface area contributed by atoms with Gasteiger partial charge in [0.05, 0.1) is 11.7 Å². The molecule has 1 heterocycles. The standard InChI is InChI=1S/C17H22N2/c1-12-5-6-14(3)15(9-12)11-16(18-4)17-10-13(2)7-8-19-17/h5-10,16,18H,11H2,1-4H3. The lowest BCUT2D eigenvalue weighted by molar-refractivity contribution is 0.574. The molecule has 1 aromatic carbocycles. The summed E-state index contributed by atoms with van der Waals surface area (Å²) in [5, 5.41) is 3.38. The molecule has 0 radical (unpaired) electrons. The summed E-state index contributed by atoms with van der Waals surface area (Å²) in [6, 6.07) is 11.1. The molecule has 0 amide bonds. The van der Waals surface area contributed by atoms with Gasteiger partial charge in [-0.05, 0) is 63.1 Å². The van der Waals surface area contributed by atoms with Crippen LogP contribution in [0.2, 0.25) is 0 Å². The van der Waals surface area contributed by atoms with Crippen LogP contribution in [-0.2, 0) is 6.42 Å². The minimum atomic E-state index is 0.264. The second-order valence-electron chi connectivity index (χ2n) is 5.23. The van der Waals surface area contributed by atoms with E-state index in [0.717, 1.165) is 12.1 Å². The van der Waals surface area contributed by atoms with Crippen molar-refractivity contribution in [1.82, 2.24) is 10.3 Å². The van der Waals surface area contributed by atoms with Gasteiger partial charge >= 0.3 is 0 Å². The summed E-state index contributed by atoms with van der Waals surface area (Å²) >= 11 is 0. The zero-order chi connectivity index (χ0) is 13.8. The van der Waals surface area contributed by atoms with Crippen molar-refractivity contribution in [3.63, 3.8) is 0 Å². The van der Waals surface area contributed by atoms with Crippen molar-refractivity contribution >= 4 is 0 Å². The Morgan fingerprint density at radius 3 is 2.47 bits per heavy atom. The monoisotopic (exact) mass is 254 g/mol. The zero-order valence-corrected chi connectivity index (χ0v) is 12.2. The van der Waals surface area contributed by atoms with Crippen LogP contribution in [0.15, 0.2) is 36.5 Å². The topological polar surface area (TPSA) is 24.9 Å². The Hall–Kier alpha value is -1.67. The first-order valence-corrected chi connectivity index (χ1v) is 6.76. The third-order valence-corrected chi connectivity index (χ3v) is 3.57. The van der Waals surface area contributed by atoms with Crippen LogP contribution in [-0.4, -0.2) is 12.0 Å². The number of rotatable bonds is 4. The van der Waals surface area contributed by atoms with Crippen LogP contribution in [0.4, 0.5) is 0 Å². The van der Waals surface area contributed by atoms with E-state index in [1.165, 1.54) is 22.3 Å². The number of pyridine rings is 1. The first-order valence-electron chi connectivity index (χ1n) is 6.76. The van der Waals surface area contributed by atoms with Crippen molar-refractivity contribution in [1.29, 1.82) is 0 Å². The van der Waals surface area contributed by atoms with E-state index in [1.807, 2.05) is 19.3 Å². The van der Waals surface area contributed by atoms with Gasteiger partial charge in [-0.2, -0.15) is 0 Å². The van der Waals surface area contributed by atoms with Gasteiger partial charge in [-0.3, -0.25) is 4.98 Å². The Bertz CT molecular complexity index is 561.